The van der Waals surface area contributed by atoms with Crippen molar-refractivity contribution in [1.29, 1.82) is 0 Å². The molecule has 0 aliphatic carbocycles. The van der Waals surface area contributed by atoms with Crippen molar-refractivity contribution in [3.05, 3.63) is 28.2 Å². The molecular weight excluding hydrogens is 322 g/mol. The van der Waals surface area contributed by atoms with Gasteiger partial charge in [-0.05, 0) is 40.5 Å². The quantitative estimate of drug-likeness (QED) is 0.857. The predicted octanol–water partition coefficient (Wildman–Crippen LogP) is 2.31. The molecule has 1 aromatic rings. The van der Waals surface area contributed by atoms with Gasteiger partial charge in [0.05, 0.1) is 6.61 Å². The minimum atomic E-state index is -0.208. The van der Waals surface area contributed by atoms with Crippen LogP contribution in [0.25, 0.3) is 0 Å². The SMILES string of the molecule is CCOC(=O)N1CCN(Cc2ccc(Br)c(N)c2)CC1. The van der Waals surface area contributed by atoms with Gasteiger partial charge in [-0.2, -0.15) is 0 Å². The van der Waals surface area contributed by atoms with Crippen molar-refractivity contribution in [2.75, 3.05) is 38.5 Å². The van der Waals surface area contributed by atoms with Crippen LogP contribution in [0.4, 0.5) is 10.5 Å². The average Bonchev–Trinajstić information content (AvgIpc) is 2.44. The molecule has 1 aliphatic heterocycles. The van der Waals surface area contributed by atoms with E-state index in [1.165, 1.54) is 5.56 Å². The number of piperazine rings is 1. The number of nitrogens with two attached hydrogens (primary N) is 1. The summed E-state index contributed by atoms with van der Waals surface area (Å²) >= 11 is 3.40. The highest BCUT2D eigenvalue weighted by atomic mass is 79.9. The first-order chi connectivity index (χ1) is 9.60. The van der Waals surface area contributed by atoms with Gasteiger partial charge in [-0.25, -0.2) is 4.79 Å². The zero-order chi connectivity index (χ0) is 14.5. The molecule has 2 rings (SSSR count). The summed E-state index contributed by atoms with van der Waals surface area (Å²) in [5.74, 6) is 0. The van der Waals surface area contributed by atoms with Crippen LogP contribution in [0.1, 0.15) is 12.5 Å². The summed E-state index contributed by atoms with van der Waals surface area (Å²) < 4.78 is 5.93. The molecule has 6 heteroatoms. The van der Waals surface area contributed by atoms with Crippen molar-refractivity contribution in [2.45, 2.75) is 13.5 Å². The zero-order valence-electron chi connectivity index (χ0n) is 11.6. The van der Waals surface area contributed by atoms with E-state index in [1.54, 1.807) is 4.90 Å². The third-order valence-electron chi connectivity index (χ3n) is 3.36. The first kappa shape index (κ1) is 15.1. The van der Waals surface area contributed by atoms with E-state index in [0.717, 1.165) is 29.8 Å². The predicted molar refractivity (Wildman–Crippen MR) is 82.4 cm³/mol. The lowest BCUT2D eigenvalue weighted by molar-refractivity contribution is 0.0778. The summed E-state index contributed by atoms with van der Waals surface area (Å²) in [6, 6.07) is 6.03. The van der Waals surface area contributed by atoms with Gasteiger partial charge in [0.25, 0.3) is 0 Å². The van der Waals surface area contributed by atoms with Crippen LogP contribution in [0, 0.1) is 0 Å². The Hall–Kier alpha value is -1.27. The molecule has 5 nitrogen and oxygen atoms in total. The highest BCUT2D eigenvalue weighted by Gasteiger charge is 2.21. The molecule has 0 unspecified atom stereocenters. The van der Waals surface area contributed by atoms with Crippen LogP contribution >= 0.6 is 15.9 Å². The fourth-order valence-corrected chi connectivity index (χ4v) is 2.50. The zero-order valence-corrected chi connectivity index (χ0v) is 13.2. The normalized spacial score (nSPS) is 16.2. The number of hydrogen-bond donors (Lipinski definition) is 1. The average molecular weight is 342 g/mol. The number of nitrogen functional groups attached to an aromatic ring is 1. The van der Waals surface area contributed by atoms with Gasteiger partial charge in [0.2, 0.25) is 0 Å². The Balaban J connectivity index is 1.85. The largest absolute Gasteiger partial charge is 0.450 e. The molecule has 1 fully saturated rings. The van der Waals surface area contributed by atoms with Crippen molar-refractivity contribution in [3.63, 3.8) is 0 Å². The third-order valence-corrected chi connectivity index (χ3v) is 4.09. The number of ether oxygens (including phenoxy) is 1. The lowest BCUT2D eigenvalue weighted by atomic mass is 10.2. The number of halogens is 1. The summed E-state index contributed by atoms with van der Waals surface area (Å²) in [5, 5.41) is 0. The number of anilines is 1. The van der Waals surface area contributed by atoms with Gasteiger partial charge in [0, 0.05) is 42.9 Å². The molecule has 2 N–H and O–H groups in total. The monoisotopic (exact) mass is 341 g/mol. The number of benzene rings is 1. The summed E-state index contributed by atoms with van der Waals surface area (Å²) in [6.45, 7) is 6.25. The van der Waals surface area contributed by atoms with Crippen LogP contribution < -0.4 is 5.73 Å². The first-order valence-corrected chi connectivity index (χ1v) is 7.57. The Morgan fingerprint density at radius 3 is 2.65 bits per heavy atom. The third kappa shape index (κ3) is 3.86. The van der Waals surface area contributed by atoms with Gasteiger partial charge in [-0.3, -0.25) is 4.90 Å². The van der Waals surface area contributed by atoms with Crippen LogP contribution in [0.3, 0.4) is 0 Å². The minimum Gasteiger partial charge on any atom is -0.450 e. The molecule has 0 spiro atoms. The van der Waals surface area contributed by atoms with Gasteiger partial charge < -0.3 is 15.4 Å². The molecule has 0 atom stereocenters. The summed E-state index contributed by atoms with van der Waals surface area (Å²) in [7, 11) is 0. The molecule has 110 valence electrons. The van der Waals surface area contributed by atoms with Crippen LogP contribution in [-0.2, 0) is 11.3 Å². The number of rotatable bonds is 3. The molecule has 1 aliphatic rings. The topological polar surface area (TPSA) is 58.8 Å². The molecule has 0 radical (unpaired) electrons. The molecule has 1 amide bonds. The van der Waals surface area contributed by atoms with Gasteiger partial charge in [0.1, 0.15) is 0 Å². The molecule has 1 aromatic carbocycles. The van der Waals surface area contributed by atoms with E-state index >= 15 is 0 Å². The summed E-state index contributed by atoms with van der Waals surface area (Å²) in [4.78, 5) is 15.7. The lowest BCUT2D eigenvalue weighted by Gasteiger charge is -2.34. The Bertz CT molecular complexity index is 473. The molecule has 1 heterocycles. The second kappa shape index (κ2) is 6.95. The standard InChI is InChI=1S/C14H20BrN3O2/c1-2-20-14(19)18-7-5-17(6-8-18)10-11-3-4-12(15)13(16)9-11/h3-4,9H,2,5-8,10,16H2,1H3. The molecule has 1 saturated heterocycles. The van der Waals surface area contributed by atoms with Crippen molar-refractivity contribution in [2.24, 2.45) is 0 Å². The van der Waals surface area contributed by atoms with E-state index in [9.17, 15) is 4.79 Å². The van der Waals surface area contributed by atoms with Crippen LogP contribution in [-0.4, -0.2) is 48.7 Å². The number of amides is 1. The van der Waals surface area contributed by atoms with E-state index in [0.29, 0.717) is 19.7 Å². The van der Waals surface area contributed by atoms with E-state index < -0.39 is 0 Å². The Morgan fingerprint density at radius 1 is 1.35 bits per heavy atom. The van der Waals surface area contributed by atoms with Crippen molar-refractivity contribution in [3.8, 4) is 0 Å². The van der Waals surface area contributed by atoms with Crippen LogP contribution in [0.15, 0.2) is 22.7 Å². The maximum absolute atomic E-state index is 11.6. The summed E-state index contributed by atoms with van der Waals surface area (Å²) in [6.07, 6.45) is -0.208. The fourth-order valence-electron chi connectivity index (χ4n) is 2.25. The summed E-state index contributed by atoms with van der Waals surface area (Å²) in [5.41, 5.74) is 7.83. The second-order valence-electron chi connectivity index (χ2n) is 4.82. The Kier molecular flexibility index (Phi) is 5.25. The number of carbonyl (C=O) groups excluding carboxylic acids is 1. The lowest BCUT2D eigenvalue weighted by Crippen LogP contribution is -2.48. The van der Waals surface area contributed by atoms with Gasteiger partial charge in [-0.1, -0.05) is 6.07 Å². The van der Waals surface area contributed by atoms with Gasteiger partial charge in [-0.15, -0.1) is 0 Å². The highest BCUT2D eigenvalue weighted by molar-refractivity contribution is 9.10. The van der Waals surface area contributed by atoms with E-state index in [2.05, 4.69) is 26.9 Å². The molecule has 0 aromatic heterocycles. The van der Waals surface area contributed by atoms with Crippen molar-refractivity contribution in [1.82, 2.24) is 9.80 Å². The maximum atomic E-state index is 11.6. The van der Waals surface area contributed by atoms with E-state index in [4.69, 9.17) is 10.5 Å². The fraction of sp³-hybridized carbons (Fsp3) is 0.500. The van der Waals surface area contributed by atoms with Crippen LogP contribution in [0.5, 0.6) is 0 Å². The number of nitrogens with zero attached hydrogens (tertiary/aromatic N) is 2. The maximum Gasteiger partial charge on any atom is 0.409 e. The van der Waals surface area contributed by atoms with E-state index in [-0.39, 0.29) is 6.09 Å². The Morgan fingerprint density at radius 2 is 2.05 bits per heavy atom. The molecule has 0 saturated carbocycles. The minimum absolute atomic E-state index is 0.208. The highest BCUT2D eigenvalue weighted by Crippen LogP contribution is 2.21. The van der Waals surface area contributed by atoms with Crippen LogP contribution in [0.2, 0.25) is 0 Å². The van der Waals surface area contributed by atoms with E-state index in [1.807, 2.05) is 19.1 Å². The number of hydrogen-bond acceptors (Lipinski definition) is 4. The van der Waals surface area contributed by atoms with Gasteiger partial charge in [0.15, 0.2) is 0 Å². The van der Waals surface area contributed by atoms with Gasteiger partial charge >= 0.3 is 6.09 Å². The second-order valence-corrected chi connectivity index (χ2v) is 5.67. The molecular formula is C14H20BrN3O2. The van der Waals surface area contributed by atoms with Crippen molar-refractivity contribution < 1.29 is 9.53 Å². The Labute approximate surface area is 127 Å². The molecule has 20 heavy (non-hydrogen) atoms. The molecule has 0 bridgehead atoms. The number of carbonyl (C=O) groups is 1. The smallest absolute Gasteiger partial charge is 0.409 e. The van der Waals surface area contributed by atoms with Crippen molar-refractivity contribution >= 4 is 27.7 Å². The first-order valence-electron chi connectivity index (χ1n) is 6.78.